The summed E-state index contributed by atoms with van der Waals surface area (Å²) in [5.74, 6) is -2.89. The van der Waals surface area contributed by atoms with Crippen molar-refractivity contribution in [2.45, 2.75) is 49.5 Å². The van der Waals surface area contributed by atoms with E-state index in [1.54, 1.807) is 29.2 Å². The molecule has 1 N–H and O–H groups in total. The van der Waals surface area contributed by atoms with Crippen LogP contribution >= 0.6 is 0 Å². The Morgan fingerprint density at radius 2 is 1.64 bits per heavy atom. The molecule has 2 aromatic rings. The summed E-state index contributed by atoms with van der Waals surface area (Å²) >= 11 is 0. The number of rotatable bonds is 9. The van der Waals surface area contributed by atoms with Gasteiger partial charge in [-0.05, 0) is 37.5 Å². The predicted octanol–water partition coefficient (Wildman–Crippen LogP) is 2.92. The van der Waals surface area contributed by atoms with Gasteiger partial charge in [-0.15, -0.1) is 0 Å². The second kappa shape index (κ2) is 12.7. The van der Waals surface area contributed by atoms with Gasteiger partial charge in [0.15, 0.2) is 5.54 Å². The molecule has 1 spiro atoms. The number of aliphatic hydroxyl groups excluding tert-OH is 1. The van der Waals surface area contributed by atoms with Crippen LogP contribution in [0.4, 0.5) is 5.69 Å². The van der Waals surface area contributed by atoms with E-state index in [0.29, 0.717) is 70.2 Å². The smallest absolute Gasteiger partial charge is 0.296 e. The van der Waals surface area contributed by atoms with Crippen LogP contribution in [0.2, 0.25) is 0 Å². The van der Waals surface area contributed by atoms with Gasteiger partial charge in [-0.1, -0.05) is 50.1 Å². The number of Topliss-reactive ketones (excluding diaryl/α,β-unsaturated/α-hetero) is 1. The molecule has 0 bridgehead atoms. The largest absolute Gasteiger partial charge is 0.507 e. The lowest BCUT2D eigenvalue weighted by molar-refractivity contribution is -0.144. The molecule has 6 rings (SSSR count). The summed E-state index contributed by atoms with van der Waals surface area (Å²) in [6, 6.07) is 12.9. The molecule has 2 aromatic carbocycles. The van der Waals surface area contributed by atoms with Crippen molar-refractivity contribution >= 4 is 39.1 Å². The van der Waals surface area contributed by atoms with Crippen LogP contribution in [0.15, 0.2) is 59.0 Å². The third kappa shape index (κ3) is 5.27. The molecule has 12 heteroatoms. The number of unbranched alkanes of at least 4 members (excludes halogenated alkanes) is 1. The van der Waals surface area contributed by atoms with Gasteiger partial charge in [0.1, 0.15) is 5.76 Å². The Bertz CT molecular complexity index is 1630. The number of piperidine rings is 1. The normalized spacial score (nSPS) is 24.2. The fourth-order valence-electron chi connectivity index (χ4n) is 6.97. The number of hydrogen-bond donors (Lipinski definition) is 1. The molecule has 4 heterocycles. The molecule has 0 radical (unpaired) electrons. The van der Waals surface area contributed by atoms with Gasteiger partial charge in [0.2, 0.25) is 10.0 Å². The van der Waals surface area contributed by atoms with E-state index in [0.717, 1.165) is 25.7 Å². The molecule has 1 unspecified atom stereocenters. The minimum Gasteiger partial charge on any atom is -0.507 e. The van der Waals surface area contributed by atoms with Gasteiger partial charge in [-0.3, -0.25) is 19.3 Å². The molecule has 1 atom stereocenters. The summed E-state index contributed by atoms with van der Waals surface area (Å²) in [5, 5.41) is 11.9. The minimum atomic E-state index is -3.86. The molecular weight excluding hydrogens is 596 g/mol. The number of ketones is 1. The summed E-state index contributed by atoms with van der Waals surface area (Å²) in [6.45, 7) is 6.11. The molecular formula is C33H40N4O7S. The molecule has 3 saturated heterocycles. The van der Waals surface area contributed by atoms with Gasteiger partial charge in [0.05, 0.1) is 29.4 Å². The number of aliphatic hydroxyl groups is 1. The van der Waals surface area contributed by atoms with Crippen LogP contribution in [0.25, 0.3) is 5.76 Å². The van der Waals surface area contributed by atoms with Crippen LogP contribution in [0.5, 0.6) is 0 Å². The van der Waals surface area contributed by atoms with Gasteiger partial charge in [0, 0.05) is 56.9 Å². The Hall–Kier alpha value is -3.58. The monoisotopic (exact) mass is 636 g/mol. The molecule has 4 aliphatic heterocycles. The second-order valence-corrected chi connectivity index (χ2v) is 13.9. The number of morpholine rings is 1. The van der Waals surface area contributed by atoms with E-state index in [1.165, 1.54) is 33.5 Å². The van der Waals surface area contributed by atoms with E-state index < -0.39 is 38.9 Å². The minimum absolute atomic E-state index is 0.0215. The van der Waals surface area contributed by atoms with E-state index in [-0.39, 0.29) is 22.6 Å². The molecule has 0 saturated carbocycles. The van der Waals surface area contributed by atoms with Crippen LogP contribution in [0, 0.1) is 0 Å². The highest BCUT2D eigenvalue weighted by molar-refractivity contribution is 7.89. The number of amides is 2. The Morgan fingerprint density at radius 3 is 2.38 bits per heavy atom. The maximum atomic E-state index is 14.7. The molecule has 3 fully saturated rings. The van der Waals surface area contributed by atoms with Crippen molar-refractivity contribution < 1.29 is 32.6 Å². The first-order chi connectivity index (χ1) is 21.7. The van der Waals surface area contributed by atoms with E-state index in [9.17, 15) is 27.9 Å². The lowest BCUT2D eigenvalue weighted by Crippen LogP contribution is -2.54. The molecule has 0 aliphatic carbocycles. The van der Waals surface area contributed by atoms with Crippen molar-refractivity contribution in [3.05, 3.63) is 65.2 Å². The predicted molar refractivity (Wildman–Crippen MR) is 168 cm³/mol. The van der Waals surface area contributed by atoms with Gasteiger partial charge < -0.3 is 19.6 Å². The number of benzene rings is 2. The van der Waals surface area contributed by atoms with E-state index >= 15 is 0 Å². The molecule has 11 nitrogen and oxygen atoms in total. The van der Waals surface area contributed by atoms with Gasteiger partial charge in [-0.25, -0.2) is 8.42 Å². The number of para-hydroxylation sites is 1. The third-order valence-corrected chi connectivity index (χ3v) is 11.2. The fourth-order valence-corrected chi connectivity index (χ4v) is 8.54. The highest BCUT2D eigenvalue weighted by atomic mass is 32.2. The van der Waals surface area contributed by atoms with E-state index in [2.05, 4.69) is 4.90 Å². The number of likely N-dealkylation sites (tertiary alicyclic amines) is 1. The highest BCUT2D eigenvalue weighted by Crippen LogP contribution is 2.53. The molecule has 4 aliphatic rings. The molecule has 2 amide bonds. The van der Waals surface area contributed by atoms with Crippen LogP contribution in [-0.4, -0.2) is 104 Å². The number of nitrogens with zero attached hydrogens (tertiary/aromatic N) is 4. The van der Waals surface area contributed by atoms with Crippen molar-refractivity contribution in [1.82, 2.24) is 14.1 Å². The number of anilines is 1. The maximum Gasteiger partial charge on any atom is 0.296 e. The number of fused-ring (bicyclic) bond motifs is 2. The van der Waals surface area contributed by atoms with Crippen molar-refractivity contribution in [2.24, 2.45) is 0 Å². The number of ether oxygens (including phenoxy) is 1. The quantitative estimate of drug-likeness (QED) is 0.253. The zero-order valence-corrected chi connectivity index (χ0v) is 26.4. The third-order valence-electron chi connectivity index (χ3n) is 9.35. The van der Waals surface area contributed by atoms with Gasteiger partial charge in [0.25, 0.3) is 17.6 Å². The summed E-state index contributed by atoms with van der Waals surface area (Å²) in [7, 11) is -3.86. The number of hydrogen-bond acceptors (Lipinski definition) is 8. The first-order valence-electron chi connectivity index (χ1n) is 15.8. The maximum absolute atomic E-state index is 14.7. The van der Waals surface area contributed by atoms with Crippen LogP contribution in [0.3, 0.4) is 0 Å². The van der Waals surface area contributed by atoms with Crippen molar-refractivity contribution in [2.75, 3.05) is 63.9 Å². The number of carbonyl (C=O) groups excluding carboxylic acids is 3. The fraction of sp³-hybridized carbons (Fsp3) is 0.485. The summed E-state index contributed by atoms with van der Waals surface area (Å²) in [4.78, 5) is 47.7. The first-order valence-corrected chi connectivity index (χ1v) is 17.3. The number of carbonyl (C=O) groups is 3. The standard InChI is InChI=1S/C33H40N4O7S/c1-2-3-16-36-27-13-6-5-12-26(27)33(32(36)41)28(30(39)31(40)37(33)18-17-34-19-21-44-22-20-34)29(38)24-10-9-11-25(23-24)45(42,43)35-14-7-4-8-15-35/h5-6,9-13,23,38H,2-4,7-8,14-22H2,1H3/b29-28+. The van der Waals surface area contributed by atoms with Crippen LogP contribution in [-0.2, 0) is 34.7 Å². The lowest BCUT2D eigenvalue weighted by atomic mass is 9.82. The Kier molecular flexibility index (Phi) is 8.84. The summed E-state index contributed by atoms with van der Waals surface area (Å²) in [6.07, 6.45) is 4.02. The average molecular weight is 637 g/mol. The Labute approximate surface area is 264 Å². The zero-order chi connectivity index (χ0) is 31.8. The summed E-state index contributed by atoms with van der Waals surface area (Å²) < 4.78 is 33.9. The van der Waals surface area contributed by atoms with Gasteiger partial charge >= 0.3 is 0 Å². The molecule has 240 valence electrons. The number of sulfonamides is 1. The molecule has 45 heavy (non-hydrogen) atoms. The SMILES string of the molecule is CCCCN1C(=O)C2(/C(=C(/O)c3cccc(S(=O)(=O)N4CCCCC4)c3)C(=O)C(=O)N2CCN2CCOCC2)c2ccccc21. The van der Waals surface area contributed by atoms with Crippen LogP contribution in [0.1, 0.15) is 50.2 Å². The Morgan fingerprint density at radius 1 is 0.911 bits per heavy atom. The topological polar surface area (TPSA) is 128 Å². The molecule has 0 aromatic heterocycles. The summed E-state index contributed by atoms with van der Waals surface area (Å²) in [5.41, 5.74) is -1.14. The first kappa shape index (κ1) is 31.4. The van der Waals surface area contributed by atoms with Crippen molar-refractivity contribution in [1.29, 1.82) is 0 Å². The van der Waals surface area contributed by atoms with Crippen molar-refractivity contribution in [3.63, 3.8) is 0 Å². The van der Waals surface area contributed by atoms with E-state index in [1.807, 2.05) is 6.92 Å². The second-order valence-electron chi connectivity index (χ2n) is 12.0. The zero-order valence-electron chi connectivity index (χ0n) is 25.6. The van der Waals surface area contributed by atoms with Crippen molar-refractivity contribution in [3.8, 4) is 0 Å². The van der Waals surface area contributed by atoms with Gasteiger partial charge in [-0.2, -0.15) is 4.31 Å². The highest BCUT2D eigenvalue weighted by Gasteiger charge is 2.67. The average Bonchev–Trinajstić information content (AvgIpc) is 3.45. The van der Waals surface area contributed by atoms with Crippen LogP contribution < -0.4 is 4.90 Å². The van der Waals surface area contributed by atoms with E-state index in [4.69, 9.17) is 4.74 Å². The lowest BCUT2D eigenvalue weighted by Gasteiger charge is -2.36. The Balaban J connectivity index is 1.50.